The van der Waals surface area contributed by atoms with Crippen molar-refractivity contribution in [2.24, 2.45) is 0 Å². The van der Waals surface area contributed by atoms with Gasteiger partial charge >= 0.3 is 0 Å². The maximum Gasteiger partial charge on any atom is 0.0126 e. The Morgan fingerprint density at radius 3 is 2.77 bits per heavy atom. The second-order valence-corrected chi connectivity index (χ2v) is 4.60. The lowest BCUT2D eigenvalue weighted by Gasteiger charge is -2.07. The van der Waals surface area contributed by atoms with Crippen LogP contribution in [0.1, 0.15) is 18.4 Å². The summed E-state index contributed by atoms with van der Waals surface area (Å²) in [6.45, 7) is 0. The Kier molecular flexibility index (Phi) is 3.09. The van der Waals surface area contributed by atoms with E-state index >= 15 is 0 Å². The fraction of sp³-hybridized carbons (Fsp3) is 0.333. The Morgan fingerprint density at radius 1 is 1.23 bits per heavy atom. The van der Waals surface area contributed by atoms with Crippen LogP contribution in [0.25, 0.3) is 0 Å². The third-order valence-corrected chi connectivity index (χ3v) is 3.53. The van der Waals surface area contributed by atoms with Crippen LogP contribution in [-0.4, -0.2) is 5.25 Å². The van der Waals surface area contributed by atoms with Crippen molar-refractivity contribution >= 4 is 11.8 Å². The quantitative estimate of drug-likeness (QED) is 0.701. The minimum Gasteiger partial charge on any atom is -0.131 e. The summed E-state index contributed by atoms with van der Waals surface area (Å²) in [5.41, 5.74) is 1.47. The van der Waals surface area contributed by atoms with Crippen molar-refractivity contribution in [2.45, 2.75) is 24.5 Å². The van der Waals surface area contributed by atoms with E-state index in [2.05, 4.69) is 41.8 Å². The van der Waals surface area contributed by atoms with Crippen molar-refractivity contribution in [3.8, 4) is 0 Å². The van der Waals surface area contributed by atoms with Gasteiger partial charge in [0.1, 0.15) is 0 Å². The van der Waals surface area contributed by atoms with E-state index in [1.54, 1.807) is 0 Å². The van der Waals surface area contributed by atoms with Crippen LogP contribution >= 0.6 is 11.8 Å². The van der Waals surface area contributed by atoms with Crippen LogP contribution in [-0.2, 0) is 6.42 Å². The van der Waals surface area contributed by atoms with Crippen LogP contribution < -0.4 is 0 Å². The molecular formula is C12H14S. The Labute approximate surface area is 84.0 Å². The second kappa shape index (κ2) is 4.52. The molecule has 1 atom stereocenters. The molecule has 0 N–H and O–H groups in total. The topological polar surface area (TPSA) is 0 Å². The van der Waals surface area contributed by atoms with Crippen molar-refractivity contribution in [3.63, 3.8) is 0 Å². The van der Waals surface area contributed by atoms with Crippen molar-refractivity contribution in [3.05, 3.63) is 47.4 Å². The van der Waals surface area contributed by atoms with Gasteiger partial charge in [-0.05, 0) is 30.2 Å². The average Bonchev–Trinajstić information content (AvgIpc) is 2.69. The van der Waals surface area contributed by atoms with Gasteiger partial charge in [-0.1, -0.05) is 36.4 Å². The summed E-state index contributed by atoms with van der Waals surface area (Å²) in [6.07, 6.45) is 6.07. The number of rotatable bonds is 3. The molecule has 0 spiro atoms. The maximum absolute atomic E-state index is 2.28. The molecule has 0 saturated heterocycles. The van der Waals surface area contributed by atoms with Gasteiger partial charge in [0, 0.05) is 5.25 Å². The standard InChI is InChI=1S/C12H14S/c1-2-5-11(6-3-1)8-9-12-7-4-10-13-12/h1-6,10,12H,7-9H2. The summed E-state index contributed by atoms with van der Waals surface area (Å²) in [5, 5.41) is 3.07. The molecule has 1 unspecified atom stereocenters. The third-order valence-electron chi connectivity index (χ3n) is 2.36. The highest BCUT2D eigenvalue weighted by atomic mass is 32.2. The zero-order valence-electron chi connectivity index (χ0n) is 7.65. The first-order valence-corrected chi connectivity index (χ1v) is 5.74. The molecule has 0 aliphatic carbocycles. The normalized spacial score (nSPS) is 20.8. The summed E-state index contributed by atoms with van der Waals surface area (Å²) in [5.74, 6) is 0. The molecule has 0 amide bonds. The van der Waals surface area contributed by atoms with E-state index in [-0.39, 0.29) is 0 Å². The van der Waals surface area contributed by atoms with E-state index in [1.807, 2.05) is 11.8 Å². The molecule has 1 aromatic rings. The van der Waals surface area contributed by atoms with Crippen LogP contribution in [0.4, 0.5) is 0 Å². The summed E-state index contributed by atoms with van der Waals surface area (Å²) in [7, 11) is 0. The van der Waals surface area contributed by atoms with E-state index in [0.717, 1.165) is 5.25 Å². The third kappa shape index (κ3) is 2.63. The van der Waals surface area contributed by atoms with Crippen molar-refractivity contribution in [1.82, 2.24) is 0 Å². The molecule has 68 valence electrons. The van der Waals surface area contributed by atoms with Crippen LogP contribution in [0.5, 0.6) is 0 Å². The van der Waals surface area contributed by atoms with E-state index in [1.165, 1.54) is 24.8 Å². The molecule has 1 heteroatoms. The Hall–Kier alpha value is -0.690. The number of hydrogen-bond acceptors (Lipinski definition) is 1. The lowest BCUT2D eigenvalue weighted by Crippen LogP contribution is -1.98. The van der Waals surface area contributed by atoms with Gasteiger partial charge < -0.3 is 0 Å². The first-order chi connectivity index (χ1) is 6.45. The summed E-state index contributed by atoms with van der Waals surface area (Å²) in [4.78, 5) is 0. The summed E-state index contributed by atoms with van der Waals surface area (Å²) < 4.78 is 0. The van der Waals surface area contributed by atoms with E-state index in [4.69, 9.17) is 0 Å². The van der Waals surface area contributed by atoms with E-state index < -0.39 is 0 Å². The highest BCUT2D eigenvalue weighted by Gasteiger charge is 2.09. The van der Waals surface area contributed by atoms with Crippen LogP contribution in [0.3, 0.4) is 0 Å². The average molecular weight is 190 g/mol. The fourth-order valence-electron chi connectivity index (χ4n) is 1.59. The molecule has 0 nitrogen and oxygen atoms in total. The number of allylic oxidation sites excluding steroid dienone is 1. The minimum atomic E-state index is 0.834. The monoisotopic (exact) mass is 190 g/mol. The molecule has 0 fully saturated rings. The largest absolute Gasteiger partial charge is 0.131 e. The fourth-order valence-corrected chi connectivity index (χ4v) is 2.51. The SMILES string of the molecule is C1=CSC(CCc2ccccc2)C1. The Bertz CT molecular complexity index is 268. The summed E-state index contributed by atoms with van der Waals surface area (Å²) >= 11 is 1.98. The molecule has 1 heterocycles. The number of benzene rings is 1. The maximum atomic E-state index is 2.28. The van der Waals surface area contributed by atoms with Gasteiger partial charge in [-0.3, -0.25) is 0 Å². The van der Waals surface area contributed by atoms with E-state index in [0.29, 0.717) is 0 Å². The van der Waals surface area contributed by atoms with Crippen LogP contribution in [0, 0.1) is 0 Å². The van der Waals surface area contributed by atoms with Gasteiger partial charge in [-0.25, -0.2) is 0 Å². The van der Waals surface area contributed by atoms with Gasteiger partial charge in [0.15, 0.2) is 0 Å². The molecule has 1 aromatic carbocycles. The summed E-state index contributed by atoms with van der Waals surface area (Å²) in [6, 6.07) is 10.8. The molecule has 1 aliphatic rings. The molecule has 13 heavy (non-hydrogen) atoms. The second-order valence-electron chi connectivity index (χ2n) is 3.39. The Morgan fingerprint density at radius 2 is 2.08 bits per heavy atom. The van der Waals surface area contributed by atoms with Gasteiger partial charge in [0.25, 0.3) is 0 Å². The zero-order valence-corrected chi connectivity index (χ0v) is 8.46. The van der Waals surface area contributed by atoms with Gasteiger partial charge in [-0.2, -0.15) is 0 Å². The highest BCUT2D eigenvalue weighted by Crippen LogP contribution is 2.27. The van der Waals surface area contributed by atoms with Crippen molar-refractivity contribution in [1.29, 1.82) is 0 Å². The first-order valence-electron chi connectivity index (χ1n) is 4.79. The predicted molar refractivity (Wildman–Crippen MR) is 59.9 cm³/mol. The molecule has 0 saturated carbocycles. The van der Waals surface area contributed by atoms with Crippen molar-refractivity contribution in [2.75, 3.05) is 0 Å². The number of thioether (sulfide) groups is 1. The molecule has 1 aliphatic heterocycles. The molecule has 0 radical (unpaired) electrons. The smallest absolute Gasteiger partial charge is 0.0126 e. The number of aryl methyl sites for hydroxylation is 1. The molecule has 0 bridgehead atoms. The van der Waals surface area contributed by atoms with Crippen LogP contribution in [0.15, 0.2) is 41.8 Å². The molecule has 0 aromatic heterocycles. The minimum absolute atomic E-state index is 0.834. The molecular weight excluding hydrogens is 176 g/mol. The lowest BCUT2D eigenvalue weighted by atomic mass is 10.1. The van der Waals surface area contributed by atoms with Crippen LogP contribution in [0.2, 0.25) is 0 Å². The van der Waals surface area contributed by atoms with Crippen molar-refractivity contribution < 1.29 is 0 Å². The van der Waals surface area contributed by atoms with E-state index in [9.17, 15) is 0 Å². The predicted octanol–water partition coefficient (Wildman–Crippen LogP) is 3.64. The lowest BCUT2D eigenvalue weighted by molar-refractivity contribution is 0.774. The molecule has 2 rings (SSSR count). The Balaban J connectivity index is 1.80. The van der Waals surface area contributed by atoms with Gasteiger partial charge in [-0.15, -0.1) is 11.8 Å². The first kappa shape index (κ1) is 8.89. The van der Waals surface area contributed by atoms with Gasteiger partial charge in [0.2, 0.25) is 0 Å². The highest BCUT2D eigenvalue weighted by molar-refractivity contribution is 8.02. The van der Waals surface area contributed by atoms with Gasteiger partial charge in [0.05, 0.1) is 0 Å². The zero-order chi connectivity index (χ0) is 8.93. The number of hydrogen-bond donors (Lipinski definition) is 0.